The normalized spacial score (nSPS) is 12.8. The molecule has 0 radical (unpaired) electrons. The monoisotopic (exact) mass is 164 g/mol. The van der Waals surface area contributed by atoms with E-state index in [-0.39, 0.29) is 6.04 Å². The van der Waals surface area contributed by atoms with Crippen LogP contribution < -0.4 is 11.5 Å². The lowest BCUT2D eigenvalue weighted by Crippen LogP contribution is -2.21. The molecule has 0 aromatic heterocycles. The van der Waals surface area contributed by atoms with Crippen LogP contribution in [0.5, 0.6) is 0 Å². The number of anilines is 1. The molecule has 0 aliphatic rings. The van der Waals surface area contributed by atoms with Gasteiger partial charge >= 0.3 is 0 Å². The molecule has 1 rings (SSSR count). The molecular formula is C10H16N2. The maximum absolute atomic E-state index is 5.81. The van der Waals surface area contributed by atoms with Gasteiger partial charge in [-0.3, -0.25) is 0 Å². The van der Waals surface area contributed by atoms with Gasteiger partial charge in [0.25, 0.3) is 0 Å². The Kier molecular flexibility index (Phi) is 3.11. The van der Waals surface area contributed by atoms with Gasteiger partial charge in [-0.1, -0.05) is 19.1 Å². The lowest BCUT2D eigenvalue weighted by atomic mass is 10.0. The molecular weight excluding hydrogens is 148 g/mol. The van der Waals surface area contributed by atoms with Gasteiger partial charge in [0.1, 0.15) is 0 Å². The highest BCUT2D eigenvalue weighted by Gasteiger charge is 1.99. The van der Waals surface area contributed by atoms with Crippen molar-refractivity contribution in [3.63, 3.8) is 0 Å². The second kappa shape index (κ2) is 4.12. The average molecular weight is 164 g/mol. The predicted octanol–water partition coefficient (Wildman–Crippen LogP) is 1.55. The summed E-state index contributed by atoms with van der Waals surface area (Å²) in [7, 11) is 0. The number of benzene rings is 1. The Morgan fingerprint density at radius 3 is 2.33 bits per heavy atom. The van der Waals surface area contributed by atoms with Crippen LogP contribution in [0.25, 0.3) is 0 Å². The first-order chi connectivity index (χ1) is 5.72. The molecule has 0 spiro atoms. The van der Waals surface area contributed by atoms with Crippen molar-refractivity contribution in [2.45, 2.75) is 25.8 Å². The average Bonchev–Trinajstić information content (AvgIpc) is 2.09. The van der Waals surface area contributed by atoms with Crippen molar-refractivity contribution < 1.29 is 0 Å². The van der Waals surface area contributed by atoms with E-state index < -0.39 is 0 Å². The van der Waals surface area contributed by atoms with Crippen molar-refractivity contribution >= 4 is 5.69 Å². The molecule has 0 bridgehead atoms. The van der Waals surface area contributed by atoms with Gasteiger partial charge in [0.05, 0.1) is 0 Å². The fourth-order valence-corrected chi connectivity index (χ4v) is 1.10. The molecule has 0 fully saturated rings. The van der Waals surface area contributed by atoms with Crippen molar-refractivity contribution in [2.24, 2.45) is 5.73 Å². The maximum atomic E-state index is 5.81. The predicted molar refractivity (Wildman–Crippen MR) is 52.8 cm³/mol. The standard InChI is InChI=1S/C10H16N2/c1-2-9(11)7-8-3-5-10(12)6-4-8/h3-6,9H,2,7,11-12H2,1H3. The highest BCUT2D eigenvalue weighted by molar-refractivity contribution is 5.39. The second-order valence-electron chi connectivity index (χ2n) is 3.11. The number of nitrogens with two attached hydrogens (primary N) is 2. The molecule has 4 N–H and O–H groups in total. The Balaban J connectivity index is 2.58. The smallest absolute Gasteiger partial charge is 0.0314 e. The minimum atomic E-state index is 0.272. The number of rotatable bonds is 3. The van der Waals surface area contributed by atoms with E-state index in [1.54, 1.807) is 0 Å². The van der Waals surface area contributed by atoms with Crippen molar-refractivity contribution in [2.75, 3.05) is 5.73 Å². The van der Waals surface area contributed by atoms with Gasteiger partial charge in [0.2, 0.25) is 0 Å². The van der Waals surface area contributed by atoms with Crippen LogP contribution in [-0.4, -0.2) is 6.04 Å². The van der Waals surface area contributed by atoms with Crippen molar-refractivity contribution in [1.82, 2.24) is 0 Å². The van der Waals surface area contributed by atoms with Crippen LogP contribution in [0.15, 0.2) is 24.3 Å². The molecule has 0 heterocycles. The molecule has 2 heteroatoms. The molecule has 1 atom stereocenters. The van der Waals surface area contributed by atoms with E-state index in [0.717, 1.165) is 18.5 Å². The van der Waals surface area contributed by atoms with Crippen molar-refractivity contribution in [3.05, 3.63) is 29.8 Å². The van der Waals surface area contributed by atoms with E-state index in [1.807, 2.05) is 24.3 Å². The zero-order chi connectivity index (χ0) is 8.97. The molecule has 0 saturated heterocycles. The van der Waals surface area contributed by atoms with Crippen LogP contribution in [0.1, 0.15) is 18.9 Å². The minimum Gasteiger partial charge on any atom is -0.399 e. The first-order valence-electron chi connectivity index (χ1n) is 4.32. The number of nitrogen functional groups attached to an aromatic ring is 1. The van der Waals surface area contributed by atoms with E-state index in [2.05, 4.69) is 6.92 Å². The van der Waals surface area contributed by atoms with E-state index in [4.69, 9.17) is 11.5 Å². The molecule has 66 valence electrons. The number of hydrogen-bond acceptors (Lipinski definition) is 2. The summed E-state index contributed by atoms with van der Waals surface area (Å²) >= 11 is 0. The summed E-state index contributed by atoms with van der Waals surface area (Å²) in [5.74, 6) is 0. The largest absolute Gasteiger partial charge is 0.399 e. The molecule has 0 saturated carbocycles. The van der Waals surface area contributed by atoms with Gasteiger partial charge in [-0.2, -0.15) is 0 Å². The summed E-state index contributed by atoms with van der Waals surface area (Å²) in [6, 6.07) is 8.17. The van der Waals surface area contributed by atoms with Crippen LogP contribution in [-0.2, 0) is 6.42 Å². The molecule has 0 aliphatic carbocycles. The van der Waals surface area contributed by atoms with Gasteiger partial charge in [-0.15, -0.1) is 0 Å². The summed E-state index contributed by atoms with van der Waals surface area (Å²) in [6.45, 7) is 2.10. The van der Waals surface area contributed by atoms with E-state index in [9.17, 15) is 0 Å². The van der Waals surface area contributed by atoms with Gasteiger partial charge in [-0.05, 0) is 30.5 Å². The van der Waals surface area contributed by atoms with Gasteiger partial charge in [0.15, 0.2) is 0 Å². The summed E-state index contributed by atoms with van der Waals surface area (Å²) in [6.07, 6.45) is 1.96. The van der Waals surface area contributed by atoms with E-state index in [0.29, 0.717) is 0 Å². The fraction of sp³-hybridized carbons (Fsp3) is 0.400. The highest BCUT2D eigenvalue weighted by atomic mass is 14.6. The van der Waals surface area contributed by atoms with Crippen molar-refractivity contribution in [3.8, 4) is 0 Å². The van der Waals surface area contributed by atoms with Gasteiger partial charge < -0.3 is 11.5 Å². The Hall–Kier alpha value is -1.02. The lowest BCUT2D eigenvalue weighted by Gasteiger charge is -2.08. The topological polar surface area (TPSA) is 52.0 Å². The van der Waals surface area contributed by atoms with Crippen LogP contribution in [0, 0.1) is 0 Å². The van der Waals surface area contributed by atoms with E-state index in [1.165, 1.54) is 5.56 Å². The number of hydrogen-bond donors (Lipinski definition) is 2. The summed E-state index contributed by atoms with van der Waals surface area (Å²) in [4.78, 5) is 0. The zero-order valence-electron chi connectivity index (χ0n) is 7.46. The second-order valence-corrected chi connectivity index (χ2v) is 3.11. The quantitative estimate of drug-likeness (QED) is 0.666. The first kappa shape index (κ1) is 9.07. The van der Waals surface area contributed by atoms with Crippen LogP contribution in [0.4, 0.5) is 5.69 Å². The summed E-state index contributed by atoms with van der Waals surface area (Å²) < 4.78 is 0. The first-order valence-corrected chi connectivity index (χ1v) is 4.32. The molecule has 12 heavy (non-hydrogen) atoms. The lowest BCUT2D eigenvalue weighted by molar-refractivity contribution is 0.646. The fourth-order valence-electron chi connectivity index (χ4n) is 1.10. The third-order valence-corrected chi connectivity index (χ3v) is 2.00. The SMILES string of the molecule is CCC(N)Cc1ccc(N)cc1. The van der Waals surface area contributed by atoms with Crippen LogP contribution in [0.3, 0.4) is 0 Å². The Morgan fingerprint density at radius 2 is 1.83 bits per heavy atom. The molecule has 1 unspecified atom stereocenters. The van der Waals surface area contributed by atoms with E-state index >= 15 is 0 Å². The summed E-state index contributed by atoms with van der Waals surface area (Å²) in [5.41, 5.74) is 13.4. The molecule has 1 aromatic carbocycles. The zero-order valence-corrected chi connectivity index (χ0v) is 7.46. The van der Waals surface area contributed by atoms with Gasteiger partial charge in [-0.25, -0.2) is 0 Å². The molecule has 2 nitrogen and oxygen atoms in total. The van der Waals surface area contributed by atoms with Crippen molar-refractivity contribution in [1.29, 1.82) is 0 Å². The summed E-state index contributed by atoms with van der Waals surface area (Å²) in [5, 5.41) is 0. The minimum absolute atomic E-state index is 0.272. The molecule has 0 aliphatic heterocycles. The highest BCUT2D eigenvalue weighted by Crippen LogP contribution is 2.07. The van der Waals surface area contributed by atoms with Crippen LogP contribution >= 0.6 is 0 Å². The Morgan fingerprint density at radius 1 is 1.25 bits per heavy atom. The van der Waals surface area contributed by atoms with Gasteiger partial charge in [0, 0.05) is 11.7 Å². The maximum Gasteiger partial charge on any atom is 0.0314 e. The molecule has 0 amide bonds. The third-order valence-electron chi connectivity index (χ3n) is 2.00. The third kappa shape index (κ3) is 2.55. The van der Waals surface area contributed by atoms with Crippen LogP contribution in [0.2, 0.25) is 0 Å². The molecule has 1 aromatic rings. The Labute approximate surface area is 73.6 Å². The Bertz CT molecular complexity index is 228.